The first-order chi connectivity index (χ1) is 13.3. The van der Waals surface area contributed by atoms with Gasteiger partial charge in [0.15, 0.2) is 0 Å². The number of nitrogens with zero attached hydrogens (tertiary/aromatic N) is 3. The maximum Gasteiger partial charge on any atom is 0.336 e. The van der Waals surface area contributed by atoms with E-state index in [1.54, 1.807) is 35.1 Å². The summed E-state index contributed by atoms with van der Waals surface area (Å²) in [6.45, 7) is 3.89. The molecular weight excluding hydrogens is 397 g/mol. The van der Waals surface area contributed by atoms with Crippen molar-refractivity contribution in [3.8, 4) is 16.9 Å². The first-order valence-corrected chi connectivity index (χ1v) is 9.26. The quantitative estimate of drug-likeness (QED) is 0.468. The molecule has 28 heavy (non-hydrogen) atoms. The number of fused-ring (bicyclic) bond motifs is 1. The number of benzene rings is 2. The highest BCUT2D eigenvalue weighted by molar-refractivity contribution is 6.31. The van der Waals surface area contributed by atoms with Gasteiger partial charge in [-0.05, 0) is 55.8 Å². The van der Waals surface area contributed by atoms with Crippen LogP contribution in [0.1, 0.15) is 21.6 Å². The van der Waals surface area contributed by atoms with Gasteiger partial charge in [0, 0.05) is 21.0 Å². The fourth-order valence-electron chi connectivity index (χ4n) is 3.23. The third kappa shape index (κ3) is 3.13. The van der Waals surface area contributed by atoms with Crippen LogP contribution in [0.3, 0.4) is 0 Å². The molecule has 0 saturated heterocycles. The van der Waals surface area contributed by atoms with Crippen molar-refractivity contribution in [1.82, 2.24) is 14.8 Å². The Kier molecular flexibility index (Phi) is 4.57. The molecule has 5 nitrogen and oxygen atoms in total. The van der Waals surface area contributed by atoms with E-state index in [-0.39, 0.29) is 5.56 Å². The van der Waals surface area contributed by atoms with E-state index in [1.807, 2.05) is 32.0 Å². The van der Waals surface area contributed by atoms with E-state index in [1.165, 1.54) is 0 Å². The fraction of sp³-hybridized carbons (Fsp3) is 0.0952. The van der Waals surface area contributed by atoms with Gasteiger partial charge in [0.25, 0.3) is 0 Å². The summed E-state index contributed by atoms with van der Waals surface area (Å²) in [6.07, 6.45) is 1.69. The molecule has 0 fully saturated rings. The van der Waals surface area contributed by atoms with Gasteiger partial charge in [-0.15, -0.1) is 0 Å². The third-order valence-corrected chi connectivity index (χ3v) is 5.16. The lowest BCUT2D eigenvalue weighted by Crippen LogP contribution is -2.02. The van der Waals surface area contributed by atoms with E-state index < -0.39 is 5.97 Å². The Morgan fingerprint density at radius 3 is 2.50 bits per heavy atom. The van der Waals surface area contributed by atoms with Crippen LogP contribution in [0.4, 0.5) is 0 Å². The summed E-state index contributed by atoms with van der Waals surface area (Å²) in [4.78, 5) is 16.4. The molecule has 140 valence electrons. The molecule has 4 rings (SSSR count). The van der Waals surface area contributed by atoms with Crippen molar-refractivity contribution in [3.05, 3.63) is 75.5 Å². The number of carboxylic acids is 1. The molecule has 1 N–H and O–H groups in total. The van der Waals surface area contributed by atoms with Gasteiger partial charge in [0.1, 0.15) is 0 Å². The molecule has 0 aliphatic rings. The number of aromatic carboxylic acids is 1. The summed E-state index contributed by atoms with van der Waals surface area (Å²) in [7, 11) is 0. The average molecular weight is 412 g/mol. The number of rotatable bonds is 3. The molecule has 0 aliphatic carbocycles. The number of hydrogen-bond acceptors (Lipinski definition) is 3. The number of hydrogen-bond donors (Lipinski definition) is 1. The number of pyridine rings is 1. The van der Waals surface area contributed by atoms with Crippen LogP contribution in [0.15, 0.2) is 48.7 Å². The number of halogens is 2. The minimum Gasteiger partial charge on any atom is -0.478 e. The van der Waals surface area contributed by atoms with Crippen molar-refractivity contribution in [2.45, 2.75) is 13.8 Å². The zero-order valence-corrected chi connectivity index (χ0v) is 16.6. The Morgan fingerprint density at radius 1 is 1.04 bits per heavy atom. The molecule has 0 radical (unpaired) electrons. The monoisotopic (exact) mass is 411 g/mol. The van der Waals surface area contributed by atoms with Gasteiger partial charge in [-0.3, -0.25) is 0 Å². The lowest BCUT2D eigenvalue weighted by atomic mass is 10.0. The van der Waals surface area contributed by atoms with Gasteiger partial charge >= 0.3 is 5.97 Å². The van der Waals surface area contributed by atoms with Crippen LogP contribution in [-0.4, -0.2) is 25.8 Å². The Morgan fingerprint density at radius 2 is 1.75 bits per heavy atom. The predicted molar refractivity (Wildman–Crippen MR) is 111 cm³/mol. The second kappa shape index (κ2) is 6.93. The van der Waals surface area contributed by atoms with Crippen molar-refractivity contribution in [2.75, 3.05) is 0 Å². The van der Waals surface area contributed by atoms with Gasteiger partial charge < -0.3 is 5.11 Å². The summed E-state index contributed by atoms with van der Waals surface area (Å²) in [5.74, 6) is -1.04. The van der Waals surface area contributed by atoms with Crippen LogP contribution in [0, 0.1) is 13.8 Å². The number of carbonyl (C=O) groups is 1. The zero-order chi connectivity index (χ0) is 20.0. The van der Waals surface area contributed by atoms with E-state index in [0.29, 0.717) is 26.6 Å². The summed E-state index contributed by atoms with van der Waals surface area (Å²) in [5.41, 5.74) is 4.72. The Balaban J connectivity index is 1.92. The van der Waals surface area contributed by atoms with Crippen LogP contribution in [0.5, 0.6) is 0 Å². The number of aryl methyl sites for hydroxylation is 1. The van der Waals surface area contributed by atoms with Crippen molar-refractivity contribution >= 4 is 40.1 Å². The Bertz CT molecular complexity index is 1250. The molecule has 0 amide bonds. The molecule has 0 spiro atoms. The number of carboxylic acid groups (broad SMARTS) is 1. The zero-order valence-electron chi connectivity index (χ0n) is 15.1. The van der Waals surface area contributed by atoms with E-state index >= 15 is 0 Å². The molecule has 2 aromatic carbocycles. The van der Waals surface area contributed by atoms with Crippen molar-refractivity contribution in [3.63, 3.8) is 0 Å². The maximum atomic E-state index is 11.8. The third-order valence-electron chi connectivity index (χ3n) is 4.69. The average Bonchev–Trinajstić information content (AvgIpc) is 3.04. The van der Waals surface area contributed by atoms with Crippen LogP contribution in [0.25, 0.3) is 27.8 Å². The molecule has 0 bridgehead atoms. The largest absolute Gasteiger partial charge is 0.478 e. The number of aromatic nitrogens is 3. The second-order valence-electron chi connectivity index (χ2n) is 6.51. The minimum atomic E-state index is -1.04. The maximum absolute atomic E-state index is 11.8. The normalized spacial score (nSPS) is 11.1. The van der Waals surface area contributed by atoms with E-state index in [9.17, 15) is 9.90 Å². The molecule has 0 saturated carbocycles. The van der Waals surface area contributed by atoms with Gasteiger partial charge in [0.2, 0.25) is 0 Å². The standard InChI is InChI=1S/C21H15Cl2N3O2/c1-11-3-4-14(23)8-20(11)26-12(2)17(10-24-26)19-9-16(21(27)28)15-7-13(22)5-6-18(15)25-19/h3-10H,1-2H3,(H,27,28). The molecule has 4 aromatic rings. The first kappa shape index (κ1) is 18.5. The van der Waals surface area contributed by atoms with E-state index in [0.717, 1.165) is 22.5 Å². The van der Waals surface area contributed by atoms with Crippen LogP contribution in [0.2, 0.25) is 10.0 Å². The minimum absolute atomic E-state index is 0.147. The van der Waals surface area contributed by atoms with Crippen molar-refractivity contribution in [2.24, 2.45) is 0 Å². The smallest absolute Gasteiger partial charge is 0.336 e. The SMILES string of the molecule is Cc1ccc(Cl)cc1-n1ncc(-c2cc(C(=O)O)c3cc(Cl)ccc3n2)c1C. The van der Waals surface area contributed by atoms with Crippen molar-refractivity contribution < 1.29 is 9.90 Å². The predicted octanol–water partition coefficient (Wildman–Crippen LogP) is 5.71. The van der Waals surface area contributed by atoms with Gasteiger partial charge in [-0.1, -0.05) is 29.3 Å². The van der Waals surface area contributed by atoms with Gasteiger partial charge in [0.05, 0.1) is 34.4 Å². The molecular formula is C21H15Cl2N3O2. The fourth-order valence-corrected chi connectivity index (χ4v) is 3.57. The Hall–Kier alpha value is -2.89. The van der Waals surface area contributed by atoms with Gasteiger partial charge in [-0.2, -0.15) is 5.10 Å². The topological polar surface area (TPSA) is 68.0 Å². The molecule has 2 heterocycles. The lowest BCUT2D eigenvalue weighted by Gasteiger charge is -2.10. The van der Waals surface area contributed by atoms with Crippen LogP contribution in [-0.2, 0) is 0 Å². The highest BCUT2D eigenvalue weighted by Gasteiger charge is 2.17. The molecule has 2 aromatic heterocycles. The van der Waals surface area contributed by atoms with Crippen molar-refractivity contribution in [1.29, 1.82) is 0 Å². The van der Waals surface area contributed by atoms with E-state index in [4.69, 9.17) is 23.2 Å². The lowest BCUT2D eigenvalue weighted by molar-refractivity contribution is 0.0699. The van der Waals surface area contributed by atoms with Crippen LogP contribution >= 0.6 is 23.2 Å². The molecule has 0 atom stereocenters. The first-order valence-electron chi connectivity index (χ1n) is 8.50. The molecule has 0 aliphatic heterocycles. The van der Waals surface area contributed by atoms with Crippen LogP contribution < -0.4 is 0 Å². The summed E-state index contributed by atoms with van der Waals surface area (Å²) >= 11 is 12.2. The molecule has 7 heteroatoms. The highest BCUT2D eigenvalue weighted by atomic mass is 35.5. The highest BCUT2D eigenvalue weighted by Crippen LogP contribution is 2.30. The van der Waals surface area contributed by atoms with E-state index in [2.05, 4.69) is 10.1 Å². The summed E-state index contributed by atoms with van der Waals surface area (Å²) < 4.78 is 1.78. The second-order valence-corrected chi connectivity index (χ2v) is 7.38. The summed E-state index contributed by atoms with van der Waals surface area (Å²) in [5, 5.41) is 15.7. The Labute approximate surface area is 171 Å². The van der Waals surface area contributed by atoms with Gasteiger partial charge in [-0.25, -0.2) is 14.5 Å². The molecule has 0 unspecified atom stereocenters. The summed E-state index contributed by atoms with van der Waals surface area (Å²) in [6, 6.07) is 12.2.